The second-order valence-corrected chi connectivity index (χ2v) is 9.37. The normalized spacial score (nSPS) is 28.7. The minimum atomic E-state index is -1.19. The molecule has 3 aliphatic rings. The van der Waals surface area contributed by atoms with E-state index < -0.39 is 34.7 Å². The summed E-state index contributed by atoms with van der Waals surface area (Å²) < 4.78 is 15.5. The van der Waals surface area contributed by atoms with Crippen LogP contribution < -0.4 is 10.6 Å². The molecule has 2 fully saturated rings. The van der Waals surface area contributed by atoms with Crippen molar-refractivity contribution in [1.29, 1.82) is 0 Å². The average molecular weight is 423 g/mol. The number of carbonyl (C=O) groups is 2. The SMILES string of the molecule is Cc1ccc2c(c1)NC(=O)[C@]21[C@@H](c2cccc(C)c2F)[C@H](C(=O)O)NC12CCCCC2. The second kappa shape index (κ2) is 6.89. The van der Waals surface area contributed by atoms with Gasteiger partial charge in [0.15, 0.2) is 0 Å². The van der Waals surface area contributed by atoms with E-state index in [1.807, 2.05) is 25.1 Å². The Balaban J connectivity index is 1.86. The van der Waals surface area contributed by atoms with E-state index in [4.69, 9.17) is 0 Å². The Morgan fingerprint density at radius 1 is 1.13 bits per heavy atom. The first-order valence-electron chi connectivity index (χ1n) is 11.0. The molecule has 0 aromatic heterocycles. The van der Waals surface area contributed by atoms with Crippen molar-refractivity contribution in [3.05, 3.63) is 64.5 Å². The lowest BCUT2D eigenvalue weighted by Crippen LogP contribution is -2.60. The number of benzene rings is 2. The third-order valence-corrected chi connectivity index (χ3v) is 7.72. The molecule has 1 aliphatic carbocycles. The highest BCUT2D eigenvalue weighted by Gasteiger charge is 2.72. The summed E-state index contributed by atoms with van der Waals surface area (Å²) in [6.45, 7) is 3.63. The molecule has 1 saturated heterocycles. The van der Waals surface area contributed by atoms with Gasteiger partial charge in [-0.3, -0.25) is 14.9 Å². The van der Waals surface area contributed by atoms with Gasteiger partial charge in [0.1, 0.15) is 17.3 Å². The summed E-state index contributed by atoms with van der Waals surface area (Å²) in [5, 5.41) is 16.7. The van der Waals surface area contributed by atoms with Crippen molar-refractivity contribution in [3.63, 3.8) is 0 Å². The molecule has 2 aromatic rings. The molecule has 5 rings (SSSR count). The maximum atomic E-state index is 15.5. The van der Waals surface area contributed by atoms with Crippen LogP contribution >= 0.6 is 0 Å². The van der Waals surface area contributed by atoms with Crippen LogP contribution in [0.3, 0.4) is 0 Å². The lowest BCUT2D eigenvalue weighted by molar-refractivity contribution is -0.139. The van der Waals surface area contributed by atoms with Gasteiger partial charge in [-0.2, -0.15) is 0 Å². The Bertz CT molecular complexity index is 1090. The zero-order valence-corrected chi connectivity index (χ0v) is 17.8. The molecule has 0 unspecified atom stereocenters. The van der Waals surface area contributed by atoms with Gasteiger partial charge < -0.3 is 10.4 Å². The summed E-state index contributed by atoms with van der Waals surface area (Å²) in [7, 11) is 0. The highest BCUT2D eigenvalue weighted by Crippen LogP contribution is 2.62. The molecule has 3 atom stereocenters. The number of hydrogen-bond acceptors (Lipinski definition) is 3. The molecular weight excluding hydrogens is 395 g/mol. The van der Waals surface area contributed by atoms with E-state index in [1.165, 1.54) is 0 Å². The Hall–Kier alpha value is -2.73. The third kappa shape index (κ3) is 2.57. The highest BCUT2D eigenvalue weighted by molar-refractivity contribution is 6.09. The number of aliphatic carboxylic acids is 1. The number of anilines is 1. The molecule has 2 spiro atoms. The summed E-state index contributed by atoms with van der Waals surface area (Å²) >= 11 is 0. The molecule has 162 valence electrons. The Morgan fingerprint density at radius 3 is 2.58 bits per heavy atom. The van der Waals surface area contributed by atoms with E-state index in [0.29, 0.717) is 29.7 Å². The van der Waals surface area contributed by atoms with E-state index in [2.05, 4.69) is 10.6 Å². The van der Waals surface area contributed by atoms with Gasteiger partial charge in [-0.1, -0.05) is 49.6 Å². The average Bonchev–Trinajstić information content (AvgIpc) is 3.18. The highest BCUT2D eigenvalue weighted by atomic mass is 19.1. The van der Waals surface area contributed by atoms with Crippen molar-refractivity contribution in [1.82, 2.24) is 5.32 Å². The van der Waals surface area contributed by atoms with E-state index >= 15 is 4.39 Å². The molecule has 2 heterocycles. The number of carboxylic acid groups (broad SMARTS) is 1. The number of carbonyl (C=O) groups excluding carboxylic acids is 1. The van der Waals surface area contributed by atoms with Crippen LogP contribution in [0.5, 0.6) is 0 Å². The summed E-state index contributed by atoms with van der Waals surface area (Å²) in [4.78, 5) is 26.4. The number of carboxylic acids is 1. The monoisotopic (exact) mass is 422 g/mol. The van der Waals surface area contributed by atoms with Gasteiger partial charge in [-0.25, -0.2) is 4.39 Å². The fourth-order valence-corrected chi connectivity index (χ4v) is 6.50. The van der Waals surface area contributed by atoms with Crippen LogP contribution in [-0.4, -0.2) is 28.6 Å². The third-order valence-electron chi connectivity index (χ3n) is 7.72. The Kier molecular flexibility index (Phi) is 4.49. The van der Waals surface area contributed by atoms with Crippen LogP contribution in [0, 0.1) is 19.7 Å². The van der Waals surface area contributed by atoms with Gasteiger partial charge in [0, 0.05) is 17.1 Å². The van der Waals surface area contributed by atoms with E-state index in [0.717, 1.165) is 30.4 Å². The summed E-state index contributed by atoms with van der Waals surface area (Å²) in [5.74, 6) is -2.56. The molecule has 31 heavy (non-hydrogen) atoms. The number of nitrogens with one attached hydrogen (secondary N) is 2. The van der Waals surface area contributed by atoms with E-state index in [-0.39, 0.29) is 5.91 Å². The zero-order valence-electron chi connectivity index (χ0n) is 17.8. The molecule has 0 radical (unpaired) electrons. The molecular formula is C25H27FN2O3. The molecule has 5 nitrogen and oxygen atoms in total. The fraction of sp³-hybridized carbons (Fsp3) is 0.440. The van der Waals surface area contributed by atoms with Crippen LogP contribution in [-0.2, 0) is 15.0 Å². The Morgan fingerprint density at radius 2 is 1.87 bits per heavy atom. The number of hydrogen-bond donors (Lipinski definition) is 3. The summed E-state index contributed by atoms with van der Waals surface area (Å²) in [6, 6.07) is 9.82. The number of halogens is 1. The smallest absolute Gasteiger partial charge is 0.321 e. The fourth-order valence-electron chi connectivity index (χ4n) is 6.50. The predicted molar refractivity (Wildman–Crippen MR) is 116 cm³/mol. The Labute approximate surface area is 181 Å². The lowest BCUT2D eigenvalue weighted by atomic mass is 9.55. The lowest BCUT2D eigenvalue weighted by Gasteiger charge is -2.47. The van der Waals surface area contributed by atoms with Crippen molar-refractivity contribution in [3.8, 4) is 0 Å². The molecule has 2 aliphatic heterocycles. The van der Waals surface area contributed by atoms with Crippen LogP contribution in [0.2, 0.25) is 0 Å². The number of aryl methyl sites for hydroxylation is 2. The van der Waals surface area contributed by atoms with Gasteiger partial charge in [0.25, 0.3) is 0 Å². The minimum Gasteiger partial charge on any atom is -0.480 e. The quantitative estimate of drug-likeness (QED) is 0.679. The molecule has 0 bridgehead atoms. The summed E-state index contributed by atoms with van der Waals surface area (Å²) in [6.07, 6.45) is 4.21. The first kappa shape index (κ1) is 20.2. The van der Waals surface area contributed by atoms with Crippen molar-refractivity contribution >= 4 is 17.6 Å². The van der Waals surface area contributed by atoms with Gasteiger partial charge in [-0.15, -0.1) is 0 Å². The molecule has 2 aromatic carbocycles. The summed E-state index contributed by atoms with van der Waals surface area (Å²) in [5.41, 5.74) is 1.32. The van der Waals surface area contributed by atoms with Crippen LogP contribution in [0.25, 0.3) is 0 Å². The number of rotatable bonds is 2. The standard InChI is InChI=1S/C25H27FN2O3/c1-14-9-10-17-18(13-14)27-23(31)25(17)19(16-8-6-7-15(2)20(16)26)21(22(29)30)28-24(25)11-4-3-5-12-24/h6-10,13,19,21,28H,3-5,11-12H2,1-2H3,(H,27,31)(H,29,30)/t19-,21+,25+/m0/s1. The van der Waals surface area contributed by atoms with Crippen molar-refractivity contribution in [2.45, 2.75) is 68.9 Å². The number of fused-ring (bicyclic) bond motifs is 3. The van der Waals surface area contributed by atoms with E-state index in [1.54, 1.807) is 25.1 Å². The van der Waals surface area contributed by atoms with Gasteiger partial charge in [0.2, 0.25) is 5.91 Å². The number of amides is 1. The van der Waals surface area contributed by atoms with Gasteiger partial charge >= 0.3 is 5.97 Å². The van der Waals surface area contributed by atoms with Gasteiger partial charge in [0.05, 0.1) is 0 Å². The molecule has 1 saturated carbocycles. The van der Waals surface area contributed by atoms with Crippen molar-refractivity contribution < 1.29 is 19.1 Å². The van der Waals surface area contributed by atoms with Crippen LogP contribution in [0.4, 0.5) is 10.1 Å². The molecule has 1 amide bonds. The van der Waals surface area contributed by atoms with Crippen molar-refractivity contribution in [2.75, 3.05) is 5.32 Å². The zero-order chi connectivity index (χ0) is 22.0. The largest absolute Gasteiger partial charge is 0.480 e. The topological polar surface area (TPSA) is 78.4 Å². The first-order valence-corrected chi connectivity index (χ1v) is 11.0. The van der Waals surface area contributed by atoms with Crippen LogP contribution in [0.15, 0.2) is 36.4 Å². The maximum absolute atomic E-state index is 15.5. The molecule has 3 N–H and O–H groups in total. The second-order valence-electron chi connectivity index (χ2n) is 9.37. The van der Waals surface area contributed by atoms with Gasteiger partial charge in [-0.05, 0) is 55.0 Å². The minimum absolute atomic E-state index is 0.225. The van der Waals surface area contributed by atoms with Crippen LogP contribution in [0.1, 0.15) is 60.3 Å². The van der Waals surface area contributed by atoms with E-state index in [9.17, 15) is 14.7 Å². The maximum Gasteiger partial charge on any atom is 0.321 e. The molecule has 6 heteroatoms. The predicted octanol–water partition coefficient (Wildman–Crippen LogP) is 4.18. The first-order chi connectivity index (χ1) is 14.8. The van der Waals surface area contributed by atoms with Crippen molar-refractivity contribution in [2.24, 2.45) is 0 Å².